The molecule has 0 saturated carbocycles. The number of aliphatic hydroxyl groups is 3. The molecule has 0 rings (SSSR count). The largest absolute Gasteiger partial charge is 0.387 e. The van der Waals surface area contributed by atoms with E-state index in [2.05, 4.69) is 0 Å². The molecule has 0 spiro atoms. The van der Waals surface area contributed by atoms with Crippen LogP contribution < -0.4 is 0 Å². The molecule has 0 fully saturated rings. The summed E-state index contributed by atoms with van der Waals surface area (Å²) < 4.78 is 0. The maximum Gasteiger partial charge on any atom is 0.128 e. The molecule has 3 atom stereocenters. The van der Waals surface area contributed by atoms with Crippen molar-refractivity contribution >= 4 is 6.29 Å². The molecule has 3 N–H and O–H groups in total. The van der Waals surface area contributed by atoms with Crippen LogP contribution >= 0.6 is 0 Å². The Kier molecular flexibility index (Phi) is 4.18. The fourth-order valence-electron chi connectivity index (χ4n) is 1.95. The van der Waals surface area contributed by atoms with Crippen molar-refractivity contribution in [1.82, 2.24) is 0 Å². The summed E-state index contributed by atoms with van der Waals surface area (Å²) in [5.41, 5.74) is -7.07. The van der Waals surface area contributed by atoms with Crippen molar-refractivity contribution in [3.8, 4) is 0 Å². The molecule has 18 heavy (non-hydrogen) atoms. The van der Waals surface area contributed by atoms with E-state index >= 15 is 0 Å². The van der Waals surface area contributed by atoms with Crippen LogP contribution in [0.4, 0.5) is 0 Å². The zero-order valence-electron chi connectivity index (χ0n) is 12.8. The maximum atomic E-state index is 11.1. The highest BCUT2D eigenvalue weighted by Gasteiger charge is 2.63. The normalized spacial score (nSPS) is 23.7. The minimum atomic E-state index is -1.86. The Morgan fingerprint density at radius 2 is 1.00 bits per heavy atom. The van der Waals surface area contributed by atoms with E-state index in [1.807, 2.05) is 0 Å². The van der Waals surface area contributed by atoms with E-state index in [1.165, 1.54) is 34.6 Å². The standard InChI is InChI=1S/C14H28O4/c1-10(2,3)12(6,16)14(8,18)13(7,17)11(4,5)9-15/h9,16-18H,1-8H3. The van der Waals surface area contributed by atoms with Crippen LogP contribution in [-0.2, 0) is 4.79 Å². The first-order valence-electron chi connectivity index (χ1n) is 6.20. The van der Waals surface area contributed by atoms with Crippen molar-refractivity contribution in [3.63, 3.8) is 0 Å². The number of carbonyl (C=O) groups excluding carboxylic acids is 1. The second-order valence-electron chi connectivity index (χ2n) is 7.31. The van der Waals surface area contributed by atoms with E-state index in [-0.39, 0.29) is 0 Å². The Bertz CT molecular complexity index is 319. The van der Waals surface area contributed by atoms with Gasteiger partial charge in [-0.05, 0) is 26.2 Å². The molecule has 0 aliphatic heterocycles. The number of hydrogen-bond acceptors (Lipinski definition) is 4. The van der Waals surface area contributed by atoms with Gasteiger partial charge in [-0.2, -0.15) is 0 Å². The zero-order chi connectivity index (χ0) is 15.2. The minimum Gasteiger partial charge on any atom is -0.387 e. The van der Waals surface area contributed by atoms with E-state index < -0.39 is 27.6 Å². The molecule has 0 radical (unpaired) electrons. The summed E-state index contributed by atoms with van der Waals surface area (Å²) in [5.74, 6) is 0. The summed E-state index contributed by atoms with van der Waals surface area (Å²) in [5, 5.41) is 32.0. The smallest absolute Gasteiger partial charge is 0.128 e. The SMILES string of the molecule is CC(C)(C)C(C)(O)C(C)(O)C(C)(O)C(C)(C)C=O. The predicted octanol–water partition coefficient (Wildman–Crippen LogP) is 1.51. The molecular formula is C14H28O4. The van der Waals surface area contributed by atoms with E-state index in [0.717, 1.165) is 0 Å². The van der Waals surface area contributed by atoms with E-state index in [1.54, 1.807) is 20.8 Å². The average molecular weight is 260 g/mol. The first-order chi connectivity index (χ1) is 7.56. The van der Waals surface area contributed by atoms with Crippen LogP contribution in [0, 0.1) is 10.8 Å². The zero-order valence-corrected chi connectivity index (χ0v) is 12.8. The molecule has 0 aromatic carbocycles. The predicted molar refractivity (Wildman–Crippen MR) is 71.2 cm³/mol. The van der Waals surface area contributed by atoms with Crippen molar-refractivity contribution in [2.75, 3.05) is 0 Å². The molecule has 3 unspecified atom stereocenters. The van der Waals surface area contributed by atoms with Crippen LogP contribution in [0.2, 0.25) is 0 Å². The van der Waals surface area contributed by atoms with Gasteiger partial charge in [0.15, 0.2) is 0 Å². The molecular weight excluding hydrogens is 232 g/mol. The quantitative estimate of drug-likeness (QED) is 0.670. The Balaban J connectivity index is 5.87. The third-order valence-corrected chi connectivity index (χ3v) is 4.91. The Hall–Kier alpha value is -0.450. The Labute approximate surface area is 110 Å². The van der Waals surface area contributed by atoms with Crippen molar-refractivity contribution in [1.29, 1.82) is 0 Å². The van der Waals surface area contributed by atoms with Gasteiger partial charge in [0.25, 0.3) is 0 Å². The fraction of sp³-hybridized carbons (Fsp3) is 0.929. The lowest BCUT2D eigenvalue weighted by Crippen LogP contribution is -2.72. The average Bonchev–Trinajstić information content (AvgIpc) is 2.15. The molecule has 0 aromatic heterocycles. The van der Waals surface area contributed by atoms with E-state index in [4.69, 9.17) is 0 Å². The molecule has 0 aromatic rings. The van der Waals surface area contributed by atoms with Gasteiger partial charge in [-0.1, -0.05) is 34.6 Å². The van der Waals surface area contributed by atoms with Gasteiger partial charge < -0.3 is 20.1 Å². The van der Waals surface area contributed by atoms with E-state index in [9.17, 15) is 20.1 Å². The maximum absolute atomic E-state index is 11.1. The number of carbonyl (C=O) groups is 1. The lowest BCUT2D eigenvalue weighted by Gasteiger charge is -2.56. The van der Waals surface area contributed by atoms with Crippen LogP contribution in [0.25, 0.3) is 0 Å². The summed E-state index contributed by atoms with van der Waals surface area (Å²) in [4.78, 5) is 11.1. The van der Waals surface area contributed by atoms with Crippen molar-refractivity contribution in [3.05, 3.63) is 0 Å². The van der Waals surface area contributed by atoms with Gasteiger partial charge in [0.1, 0.15) is 17.5 Å². The summed E-state index contributed by atoms with van der Waals surface area (Å²) >= 11 is 0. The van der Waals surface area contributed by atoms with Crippen LogP contribution in [0.1, 0.15) is 55.4 Å². The number of aldehydes is 1. The molecule has 4 heteroatoms. The monoisotopic (exact) mass is 260 g/mol. The van der Waals surface area contributed by atoms with Gasteiger partial charge in [-0.15, -0.1) is 0 Å². The topological polar surface area (TPSA) is 77.8 Å². The highest BCUT2D eigenvalue weighted by molar-refractivity contribution is 5.61. The lowest BCUT2D eigenvalue weighted by molar-refractivity contribution is -0.278. The fourth-order valence-corrected chi connectivity index (χ4v) is 1.95. The summed E-state index contributed by atoms with van der Waals surface area (Å²) in [6, 6.07) is 0. The first kappa shape index (κ1) is 17.6. The molecule has 0 heterocycles. The Morgan fingerprint density at radius 3 is 1.22 bits per heavy atom. The molecule has 0 bridgehead atoms. The van der Waals surface area contributed by atoms with Crippen LogP contribution in [0.3, 0.4) is 0 Å². The minimum absolute atomic E-state index is 0.597. The highest BCUT2D eigenvalue weighted by Crippen LogP contribution is 2.48. The number of hydrogen-bond donors (Lipinski definition) is 3. The highest BCUT2D eigenvalue weighted by atomic mass is 16.4. The summed E-state index contributed by atoms with van der Waals surface area (Å²) in [7, 11) is 0. The molecule has 0 aliphatic rings. The molecule has 108 valence electrons. The van der Waals surface area contributed by atoms with Gasteiger partial charge in [0.05, 0.1) is 11.0 Å². The van der Waals surface area contributed by atoms with Crippen LogP contribution in [0.5, 0.6) is 0 Å². The van der Waals surface area contributed by atoms with Crippen LogP contribution in [-0.4, -0.2) is 38.4 Å². The second-order valence-corrected chi connectivity index (χ2v) is 7.31. The van der Waals surface area contributed by atoms with Crippen LogP contribution in [0.15, 0.2) is 0 Å². The second kappa shape index (κ2) is 4.29. The van der Waals surface area contributed by atoms with Crippen molar-refractivity contribution in [2.45, 2.75) is 72.2 Å². The van der Waals surface area contributed by atoms with Gasteiger partial charge in [-0.25, -0.2) is 0 Å². The third-order valence-electron chi connectivity index (χ3n) is 4.91. The molecule has 4 nitrogen and oxygen atoms in total. The summed E-state index contributed by atoms with van der Waals surface area (Å²) in [6.45, 7) is 12.6. The molecule has 0 saturated heterocycles. The third kappa shape index (κ3) is 2.22. The Morgan fingerprint density at radius 1 is 0.667 bits per heavy atom. The van der Waals surface area contributed by atoms with Gasteiger partial charge in [0.2, 0.25) is 0 Å². The number of rotatable bonds is 4. The lowest BCUT2D eigenvalue weighted by atomic mass is 9.56. The van der Waals surface area contributed by atoms with Crippen molar-refractivity contribution < 1.29 is 20.1 Å². The van der Waals surface area contributed by atoms with E-state index in [0.29, 0.717) is 6.29 Å². The molecule has 0 amide bonds. The first-order valence-corrected chi connectivity index (χ1v) is 6.20. The molecule has 0 aliphatic carbocycles. The van der Waals surface area contributed by atoms with Crippen molar-refractivity contribution in [2.24, 2.45) is 10.8 Å². The van der Waals surface area contributed by atoms with Gasteiger partial charge >= 0.3 is 0 Å². The summed E-state index contributed by atoms with van der Waals surface area (Å²) in [6.07, 6.45) is 0.597. The van der Waals surface area contributed by atoms with Gasteiger partial charge in [0, 0.05) is 0 Å². The van der Waals surface area contributed by atoms with Gasteiger partial charge in [-0.3, -0.25) is 0 Å².